The largest absolute Gasteiger partial charge is 0.503 e. The summed E-state index contributed by atoms with van der Waals surface area (Å²) in [6.45, 7) is 0. The molecule has 0 aliphatic heterocycles. The van der Waals surface area contributed by atoms with Crippen LogP contribution < -0.4 is 0 Å². The van der Waals surface area contributed by atoms with Gasteiger partial charge < -0.3 is 40.9 Å². The Morgan fingerprint density at radius 2 is 0.400 bits per heavy atom. The molecule has 8 radical (unpaired) electrons. The molecule has 8 N–H and O–H groups in total. The maximum Gasteiger partial charge on any atom is 0.503 e. The number of hydrogen-bond acceptors (Lipinski definition) is 4. The molecule has 0 fully saturated rings. The van der Waals surface area contributed by atoms with Gasteiger partial charge in [-0.3, -0.25) is 0 Å². The molecular formula is C4H8CaMg3O12. The van der Waals surface area contributed by atoms with E-state index in [-0.39, 0.29) is 107 Å². The zero-order chi connectivity index (χ0) is 14.3. The molecule has 0 aliphatic carbocycles. The summed E-state index contributed by atoms with van der Waals surface area (Å²) in [6.07, 6.45) is -7.33. The fourth-order valence-corrected chi connectivity index (χ4v) is 0. The second kappa shape index (κ2) is 42.7. The second-order valence-corrected chi connectivity index (χ2v) is 1.13. The van der Waals surface area contributed by atoms with Gasteiger partial charge in [-0.25, -0.2) is 19.2 Å². The van der Waals surface area contributed by atoms with E-state index in [0.717, 1.165) is 0 Å². The van der Waals surface area contributed by atoms with Crippen molar-refractivity contribution in [3.05, 3.63) is 0 Å². The van der Waals surface area contributed by atoms with Gasteiger partial charge >= 0.3 is 24.6 Å². The molecule has 0 aromatic carbocycles. The van der Waals surface area contributed by atoms with Crippen molar-refractivity contribution in [3.8, 4) is 0 Å². The van der Waals surface area contributed by atoms with Gasteiger partial charge in [-0.2, -0.15) is 0 Å². The molecular weight excluding hydrogens is 353 g/mol. The molecule has 0 spiro atoms. The van der Waals surface area contributed by atoms with E-state index in [0.29, 0.717) is 0 Å². The van der Waals surface area contributed by atoms with Crippen molar-refractivity contribution in [2.75, 3.05) is 0 Å². The molecule has 0 unspecified atom stereocenters. The first-order valence-corrected chi connectivity index (χ1v) is 2.61. The van der Waals surface area contributed by atoms with Crippen molar-refractivity contribution in [2.45, 2.75) is 0 Å². The summed E-state index contributed by atoms with van der Waals surface area (Å²) in [6, 6.07) is 0. The Kier molecular flexibility index (Phi) is 106. The average Bonchev–Trinajstić information content (AvgIpc) is 1.76. The third-order valence-corrected chi connectivity index (χ3v) is 0. The van der Waals surface area contributed by atoms with Crippen LogP contribution in [0.2, 0.25) is 0 Å². The molecule has 0 bridgehead atoms. The number of rotatable bonds is 0. The summed E-state index contributed by atoms with van der Waals surface area (Å²) in [4.78, 5) is 34.2. The summed E-state index contributed by atoms with van der Waals surface area (Å²) >= 11 is 0. The standard InChI is InChI=1S/4CH2O3.Ca.3Mg/c4*2-1(3)4;;;;/h4*(H2,2,3,4);;;;. The molecule has 0 rings (SSSR count). The van der Waals surface area contributed by atoms with Crippen LogP contribution in [0.4, 0.5) is 19.2 Å². The Labute approximate surface area is 189 Å². The smallest absolute Gasteiger partial charge is 0.450 e. The van der Waals surface area contributed by atoms with Gasteiger partial charge in [0, 0.05) is 107 Å². The number of carboxylic acid groups (broad SMARTS) is 8. The van der Waals surface area contributed by atoms with Crippen LogP contribution in [0.3, 0.4) is 0 Å². The van der Waals surface area contributed by atoms with Gasteiger partial charge in [0.05, 0.1) is 0 Å². The Hall–Kier alpha value is 0.638. The number of carbonyl (C=O) groups is 4. The minimum atomic E-state index is -1.83. The molecule has 12 nitrogen and oxygen atoms in total. The quantitative estimate of drug-likeness (QED) is 0.252. The molecule has 0 atom stereocenters. The van der Waals surface area contributed by atoms with E-state index in [1.165, 1.54) is 0 Å². The first-order valence-electron chi connectivity index (χ1n) is 2.61. The number of hydrogen-bond donors (Lipinski definition) is 8. The van der Waals surface area contributed by atoms with Crippen LogP contribution in [0, 0.1) is 0 Å². The Balaban J connectivity index is -0.0000000150. The van der Waals surface area contributed by atoms with Crippen LogP contribution in [0.25, 0.3) is 0 Å². The van der Waals surface area contributed by atoms with Crippen LogP contribution in [-0.2, 0) is 0 Å². The van der Waals surface area contributed by atoms with Crippen molar-refractivity contribution in [3.63, 3.8) is 0 Å². The van der Waals surface area contributed by atoms with Crippen LogP contribution >= 0.6 is 0 Å². The summed E-state index contributed by atoms with van der Waals surface area (Å²) in [7, 11) is 0. The van der Waals surface area contributed by atoms with Gasteiger partial charge in [0.2, 0.25) is 0 Å². The van der Waals surface area contributed by atoms with E-state index in [9.17, 15) is 0 Å². The van der Waals surface area contributed by atoms with E-state index in [4.69, 9.17) is 60.0 Å². The van der Waals surface area contributed by atoms with Gasteiger partial charge in [0.1, 0.15) is 0 Å². The minimum Gasteiger partial charge on any atom is -0.450 e. The van der Waals surface area contributed by atoms with Crippen molar-refractivity contribution in [2.24, 2.45) is 0 Å². The zero-order valence-corrected chi connectivity index (χ0v) is 16.5. The van der Waals surface area contributed by atoms with Gasteiger partial charge in [0.25, 0.3) is 0 Å². The van der Waals surface area contributed by atoms with E-state index >= 15 is 0 Å². The van der Waals surface area contributed by atoms with Crippen molar-refractivity contribution in [1.82, 2.24) is 0 Å². The molecule has 0 heterocycles. The SMILES string of the molecule is O=C(O)O.O=C(O)O.O=C(O)O.O=C(O)O.[Ca].[Mg].[Mg].[Mg]. The van der Waals surface area contributed by atoms with E-state index in [2.05, 4.69) is 0 Å². The summed E-state index contributed by atoms with van der Waals surface area (Å²) in [5.41, 5.74) is 0. The predicted molar refractivity (Wildman–Crippen MR) is 65.6 cm³/mol. The van der Waals surface area contributed by atoms with Crippen LogP contribution in [0.15, 0.2) is 0 Å². The summed E-state index contributed by atoms with van der Waals surface area (Å²) in [5, 5.41) is 55.8. The van der Waals surface area contributed by atoms with Gasteiger partial charge in [-0.05, 0) is 0 Å². The van der Waals surface area contributed by atoms with E-state index in [1.54, 1.807) is 0 Å². The Morgan fingerprint density at radius 3 is 0.400 bits per heavy atom. The monoisotopic (exact) mass is 360 g/mol. The summed E-state index contributed by atoms with van der Waals surface area (Å²) < 4.78 is 0. The first-order chi connectivity index (χ1) is 6.93. The molecule has 0 aromatic heterocycles. The zero-order valence-electron chi connectivity index (χ0n) is 10.0. The Bertz CT molecular complexity index is 171. The van der Waals surface area contributed by atoms with Gasteiger partial charge in [0.15, 0.2) is 0 Å². The van der Waals surface area contributed by atoms with Crippen molar-refractivity contribution < 1.29 is 60.0 Å². The normalized spacial score (nSPS) is 4.80. The van der Waals surface area contributed by atoms with Crippen molar-refractivity contribution >= 4 is 132 Å². The molecule has 16 heteroatoms. The molecule has 0 saturated heterocycles. The molecule has 20 heavy (non-hydrogen) atoms. The molecule has 0 aliphatic rings. The predicted octanol–water partition coefficient (Wildman–Crippen LogP) is -0.634. The first kappa shape index (κ1) is 49.8. The van der Waals surface area contributed by atoms with E-state index in [1.807, 2.05) is 0 Å². The maximum atomic E-state index is 8.56. The average molecular weight is 361 g/mol. The topological polar surface area (TPSA) is 230 Å². The second-order valence-electron chi connectivity index (χ2n) is 1.13. The summed E-state index contributed by atoms with van der Waals surface area (Å²) in [5.74, 6) is 0. The van der Waals surface area contributed by atoms with E-state index < -0.39 is 24.6 Å². The maximum absolute atomic E-state index is 8.56. The van der Waals surface area contributed by atoms with Crippen LogP contribution in [-0.4, -0.2) is 172 Å². The minimum absolute atomic E-state index is 0. The Morgan fingerprint density at radius 1 is 0.400 bits per heavy atom. The molecule has 0 amide bonds. The third kappa shape index (κ3) is 14200. The fraction of sp³-hybridized carbons (Fsp3) is 0. The van der Waals surface area contributed by atoms with Gasteiger partial charge in [-0.1, -0.05) is 0 Å². The van der Waals surface area contributed by atoms with Gasteiger partial charge in [-0.15, -0.1) is 0 Å². The van der Waals surface area contributed by atoms with Crippen LogP contribution in [0.1, 0.15) is 0 Å². The molecule has 0 aromatic rings. The molecule has 104 valence electrons. The fourth-order valence-electron chi connectivity index (χ4n) is 0. The third-order valence-electron chi connectivity index (χ3n) is 0. The van der Waals surface area contributed by atoms with Crippen molar-refractivity contribution in [1.29, 1.82) is 0 Å². The molecule has 0 saturated carbocycles. The van der Waals surface area contributed by atoms with Crippen LogP contribution in [0.5, 0.6) is 0 Å².